The quantitative estimate of drug-likeness (QED) is 0.510. The van der Waals surface area contributed by atoms with E-state index < -0.39 is 0 Å². The van der Waals surface area contributed by atoms with Crippen LogP contribution >= 0.6 is 0 Å². The largest absolute Gasteiger partial charge is 0.333 e. The smallest absolute Gasteiger partial charge is 0.140 e. The molecule has 0 atom stereocenters. The Bertz CT molecular complexity index is 151. The number of hydrogen-bond acceptors (Lipinski definition) is 3. The first-order valence-electron chi connectivity index (χ1n) is 3.04. The molecule has 0 unspecified atom stereocenters. The minimum absolute atomic E-state index is 0.103. The second kappa shape index (κ2) is 2.17. The zero-order valence-electron chi connectivity index (χ0n) is 5.97. The molecule has 0 saturated heterocycles. The molecule has 1 aliphatic rings. The number of aliphatic imine (C=N–C) groups is 2. The Balaban J connectivity index is 2.69. The van der Waals surface area contributed by atoms with Gasteiger partial charge in [-0.05, 0) is 20.8 Å². The van der Waals surface area contributed by atoms with E-state index >= 15 is 0 Å². The summed E-state index contributed by atoms with van der Waals surface area (Å²) >= 11 is 0. The molecule has 9 heavy (non-hydrogen) atoms. The number of rotatable bonds is 0. The fourth-order valence-corrected chi connectivity index (χ4v) is 0.916. The van der Waals surface area contributed by atoms with Crippen molar-refractivity contribution in [2.45, 2.75) is 26.9 Å². The lowest BCUT2D eigenvalue weighted by Gasteiger charge is -2.13. The van der Waals surface area contributed by atoms with Gasteiger partial charge in [-0.25, -0.2) is 9.98 Å². The summed E-state index contributed by atoms with van der Waals surface area (Å²) in [6.45, 7) is 5.84. The van der Waals surface area contributed by atoms with E-state index in [-0.39, 0.29) is 6.17 Å². The van der Waals surface area contributed by atoms with Gasteiger partial charge in [0.25, 0.3) is 0 Å². The Morgan fingerprint density at radius 3 is 2.00 bits per heavy atom. The van der Waals surface area contributed by atoms with Crippen LogP contribution in [0.15, 0.2) is 9.98 Å². The van der Waals surface area contributed by atoms with Crippen LogP contribution in [0.3, 0.4) is 0 Å². The van der Waals surface area contributed by atoms with E-state index in [9.17, 15) is 0 Å². The van der Waals surface area contributed by atoms with Crippen molar-refractivity contribution >= 4 is 11.7 Å². The summed E-state index contributed by atoms with van der Waals surface area (Å²) in [5.41, 5.74) is 0. The molecular formula is C6H11N3. The first-order chi connectivity index (χ1) is 4.18. The minimum atomic E-state index is 0.103. The highest BCUT2D eigenvalue weighted by Crippen LogP contribution is 1.96. The lowest BCUT2D eigenvalue weighted by atomic mass is 10.4. The van der Waals surface area contributed by atoms with Gasteiger partial charge in [-0.3, -0.25) is 0 Å². The van der Waals surface area contributed by atoms with Crippen LogP contribution in [0, 0.1) is 0 Å². The number of hydrogen-bond donors (Lipinski definition) is 1. The molecule has 0 aromatic heterocycles. The second-order valence-corrected chi connectivity index (χ2v) is 2.19. The molecule has 0 bridgehead atoms. The highest BCUT2D eigenvalue weighted by Gasteiger charge is 2.03. The SMILES string of the molecule is CC1=NC(C)N=C(C)N1. The summed E-state index contributed by atoms with van der Waals surface area (Å²) in [7, 11) is 0. The summed E-state index contributed by atoms with van der Waals surface area (Å²) in [4.78, 5) is 8.30. The van der Waals surface area contributed by atoms with Crippen LogP contribution in [-0.2, 0) is 0 Å². The van der Waals surface area contributed by atoms with Gasteiger partial charge in [0.05, 0.1) is 0 Å². The second-order valence-electron chi connectivity index (χ2n) is 2.19. The molecule has 1 aliphatic heterocycles. The predicted octanol–water partition coefficient (Wildman–Crippen LogP) is 0.772. The molecule has 50 valence electrons. The minimum Gasteiger partial charge on any atom is -0.333 e. The Hall–Kier alpha value is -0.860. The predicted molar refractivity (Wildman–Crippen MR) is 38.8 cm³/mol. The van der Waals surface area contributed by atoms with Gasteiger partial charge in [0, 0.05) is 0 Å². The molecule has 0 spiro atoms. The standard InChI is InChI=1S/C6H11N3/c1-4-7-5(2)9-6(3)8-4/h4H,1-3H3,(H,7,8,9). The Morgan fingerprint density at radius 2 is 1.67 bits per heavy atom. The molecule has 0 amide bonds. The molecule has 1 N–H and O–H groups in total. The van der Waals surface area contributed by atoms with Crippen LogP contribution in [0.25, 0.3) is 0 Å². The van der Waals surface area contributed by atoms with Gasteiger partial charge >= 0.3 is 0 Å². The van der Waals surface area contributed by atoms with Crippen molar-refractivity contribution in [1.29, 1.82) is 0 Å². The van der Waals surface area contributed by atoms with Gasteiger partial charge < -0.3 is 5.32 Å². The van der Waals surface area contributed by atoms with Crippen molar-refractivity contribution in [2.24, 2.45) is 9.98 Å². The van der Waals surface area contributed by atoms with Gasteiger partial charge in [-0.1, -0.05) is 0 Å². The molecular weight excluding hydrogens is 114 g/mol. The van der Waals surface area contributed by atoms with Crippen LogP contribution in [0.5, 0.6) is 0 Å². The maximum absolute atomic E-state index is 4.15. The fourth-order valence-electron chi connectivity index (χ4n) is 0.916. The van der Waals surface area contributed by atoms with Gasteiger partial charge in [0.2, 0.25) is 0 Å². The molecule has 0 aromatic rings. The summed E-state index contributed by atoms with van der Waals surface area (Å²) in [5.74, 6) is 1.91. The summed E-state index contributed by atoms with van der Waals surface area (Å²) in [6.07, 6.45) is 0.103. The van der Waals surface area contributed by atoms with E-state index in [4.69, 9.17) is 0 Å². The third-order valence-electron chi connectivity index (χ3n) is 1.12. The number of nitrogens with one attached hydrogen (secondary N) is 1. The van der Waals surface area contributed by atoms with Crippen LogP contribution in [-0.4, -0.2) is 17.8 Å². The number of amidine groups is 2. The fraction of sp³-hybridized carbons (Fsp3) is 0.667. The van der Waals surface area contributed by atoms with Gasteiger partial charge in [0.15, 0.2) is 0 Å². The van der Waals surface area contributed by atoms with Gasteiger partial charge in [0.1, 0.15) is 17.8 Å². The van der Waals surface area contributed by atoms with Crippen molar-refractivity contribution in [3.8, 4) is 0 Å². The average Bonchev–Trinajstić information content (AvgIpc) is 1.59. The Kier molecular flexibility index (Phi) is 1.51. The first kappa shape index (κ1) is 6.26. The summed E-state index contributed by atoms with van der Waals surface area (Å²) in [5, 5.41) is 3.01. The van der Waals surface area contributed by atoms with E-state index in [2.05, 4.69) is 15.3 Å². The van der Waals surface area contributed by atoms with Crippen LogP contribution in [0.2, 0.25) is 0 Å². The average molecular weight is 125 g/mol. The monoisotopic (exact) mass is 125 g/mol. The third-order valence-corrected chi connectivity index (χ3v) is 1.12. The van der Waals surface area contributed by atoms with E-state index in [1.807, 2.05) is 20.8 Å². The first-order valence-corrected chi connectivity index (χ1v) is 3.04. The van der Waals surface area contributed by atoms with Crippen molar-refractivity contribution in [3.05, 3.63) is 0 Å². The molecule has 0 saturated carbocycles. The highest BCUT2D eigenvalue weighted by molar-refractivity contribution is 5.99. The van der Waals surface area contributed by atoms with Crippen molar-refractivity contribution < 1.29 is 0 Å². The topological polar surface area (TPSA) is 36.8 Å². The van der Waals surface area contributed by atoms with Gasteiger partial charge in [-0.2, -0.15) is 0 Å². The van der Waals surface area contributed by atoms with Gasteiger partial charge in [-0.15, -0.1) is 0 Å². The third kappa shape index (κ3) is 1.52. The lowest BCUT2D eigenvalue weighted by Crippen LogP contribution is -2.31. The molecule has 0 aliphatic carbocycles. The van der Waals surface area contributed by atoms with Crippen LogP contribution < -0.4 is 5.32 Å². The van der Waals surface area contributed by atoms with Crippen molar-refractivity contribution in [2.75, 3.05) is 0 Å². The lowest BCUT2D eigenvalue weighted by molar-refractivity contribution is 0.767. The van der Waals surface area contributed by atoms with E-state index in [1.165, 1.54) is 0 Å². The molecule has 3 heteroatoms. The zero-order valence-corrected chi connectivity index (χ0v) is 5.97. The summed E-state index contributed by atoms with van der Waals surface area (Å²) in [6, 6.07) is 0. The molecule has 0 fully saturated rings. The molecule has 1 heterocycles. The number of nitrogens with zero attached hydrogens (tertiary/aromatic N) is 2. The maximum atomic E-state index is 4.15. The van der Waals surface area contributed by atoms with Crippen molar-refractivity contribution in [3.63, 3.8) is 0 Å². The Morgan fingerprint density at radius 1 is 1.22 bits per heavy atom. The molecule has 0 aromatic carbocycles. The molecule has 3 nitrogen and oxygen atoms in total. The Labute approximate surface area is 54.9 Å². The highest BCUT2D eigenvalue weighted by atomic mass is 15.2. The zero-order chi connectivity index (χ0) is 6.85. The van der Waals surface area contributed by atoms with E-state index in [0.29, 0.717) is 0 Å². The summed E-state index contributed by atoms with van der Waals surface area (Å²) < 4.78 is 0. The molecule has 0 radical (unpaired) electrons. The normalized spacial score (nSPS) is 20.3. The van der Waals surface area contributed by atoms with Crippen LogP contribution in [0.4, 0.5) is 0 Å². The maximum Gasteiger partial charge on any atom is 0.140 e. The van der Waals surface area contributed by atoms with E-state index in [0.717, 1.165) is 11.7 Å². The van der Waals surface area contributed by atoms with E-state index in [1.54, 1.807) is 0 Å². The molecule has 1 rings (SSSR count). The van der Waals surface area contributed by atoms with Crippen LogP contribution in [0.1, 0.15) is 20.8 Å². The van der Waals surface area contributed by atoms with Crippen molar-refractivity contribution in [1.82, 2.24) is 5.32 Å².